The summed E-state index contributed by atoms with van der Waals surface area (Å²) in [5, 5.41) is 11.0. The summed E-state index contributed by atoms with van der Waals surface area (Å²) in [4.78, 5) is 33.5. The van der Waals surface area contributed by atoms with Gasteiger partial charge in [-0.05, 0) is 24.3 Å². The van der Waals surface area contributed by atoms with E-state index in [2.05, 4.69) is 20.0 Å². The van der Waals surface area contributed by atoms with E-state index in [1.165, 1.54) is 18.2 Å². The molecule has 14 heteroatoms. The lowest BCUT2D eigenvalue weighted by Gasteiger charge is -2.15. The van der Waals surface area contributed by atoms with Gasteiger partial charge in [-0.1, -0.05) is 41.4 Å². The van der Waals surface area contributed by atoms with Crippen molar-refractivity contribution in [1.82, 2.24) is 14.5 Å². The van der Waals surface area contributed by atoms with Crippen molar-refractivity contribution in [3.8, 4) is 11.5 Å². The molecule has 36 heavy (non-hydrogen) atoms. The van der Waals surface area contributed by atoms with Crippen LogP contribution < -0.4 is 15.6 Å². The van der Waals surface area contributed by atoms with Crippen LogP contribution in [-0.4, -0.2) is 31.9 Å². The molecule has 0 aliphatic rings. The number of hydrogen-bond donors (Lipinski definition) is 2. The number of alkyl halides is 3. The van der Waals surface area contributed by atoms with Gasteiger partial charge in [0.2, 0.25) is 0 Å². The van der Waals surface area contributed by atoms with Gasteiger partial charge >= 0.3 is 6.36 Å². The maximum atomic E-state index is 14.4. The van der Waals surface area contributed by atoms with Crippen molar-refractivity contribution in [2.75, 3.05) is 5.32 Å². The van der Waals surface area contributed by atoms with Gasteiger partial charge in [0, 0.05) is 5.56 Å². The summed E-state index contributed by atoms with van der Waals surface area (Å²) in [5.41, 5.74) is -1.72. The van der Waals surface area contributed by atoms with Crippen LogP contribution in [0.5, 0.6) is 11.5 Å². The van der Waals surface area contributed by atoms with E-state index < -0.39 is 46.8 Å². The highest BCUT2D eigenvalue weighted by Gasteiger charge is 2.32. The van der Waals surface area contributed by atoms with E-state index in [0.29, 0.717) is 0 Å². The molecule has 0 saturated carbocycles. The van der Waals surface area contributed by atoms with Gasteiger partial charge in [-0.25, -0.2) is 14.4 Å². The molecule has 0 bridgehead atoms. The second-order valence-corrected chi connectivity index (χ2v) is 8.00. The van der Waals surface area contributed by atoms with Crippen molar-refractivity contribution in [3.63, 3.8) is 0 Å². The summed E-state index contributed by atoms with van der Waals surface area (Å²) in [6, 6.07) is 8.26. The molecule has 0 aliphatic heterocycles. The van der Waals surface area contributed by atoms with Crippen molar-refractivity contribution in [3.05, 3.63) is 86.4 Å². The third-order valence-electron chi connectivity index (χ3n) is 4.85. The molecule has 0 saturated heterocycles. The van der Waals surface area contributed by atoms with Gasteiger partial charge in [0.15, 0.2) is 10.9 Å². The number of para-hydroxylation sites is 1. The third kappa shape index (κ3) is 5.19. The molecule has 2 aromatic heterocycles. The summed E-state index contributed by atoms with van der Waals surface area (Å²) in [6.07, 6.45) is -4.00. The lowest BCUT2D eigenvalue weighted by Crippen LogP contribution is -2.24. The molecule has 0 fully saturated rings. The van der Waals surface area contributed by atoms with Gasteiger partial charge in [0.25, 0.3) is 11.5 Å². The number of carbonyl (C=O) groups excluding carboxylic acids is 1. The fourth-order valence-corrected chi connectivity index (χ4v) is 3.71. The Bertz CT molecular complexity index is 1540. The number of nitrogens with zero attached hydrogens (tertiary/aromatic N) is 3. The lowest BCUT2D eigenvalue weighted by molar-refractivity contribution is -0.274. The van der Waals surface area contributed by atoms with E-state index in [0.717, 1.165) is 35.2 Å². The van der Waals surface area contributed by atoms with Gasteiger partial charge < -0.3 is 15.2 Å². The number of halogens is 6. The van der Waals surface area contributed by atoms with Crippen LogP contribution >= 0.6 is 23.2 Å². The zero-order valence-corrected chi connectivity index (χ0v) is 19.1. The Hall–Kier alpha value is -3.90. The molecule has 0 spiro atoms. The topological polar surface area (TPSA) is 106 Å². The Balaban J connectivity index is 1.75. The number of benzene rings is 2. The minimum absolute atomic E-state index is 0.00218. The van der Waals surface area contributed by atoms with Crippen molar-refractivity contribution in [2.24, 2.45) is 0 Å². The molecule has 2 heterocycles. The first-order valence-corrected chi connectivity index (χ1v) is 10.6. The van der Waals surface area contributed by atoms with E-state index in [9.17, 15) is 32.3 Å². The number of hydrogen-bond acceptors (Lipinski definition) is 6. The second-order valence-electron chi connectivity index (χ2n) is 7.23. The first-order chi connectivity index (χ1) is 16.9. The van der Waals surface area contributed by atoms with E-state index in [-0.39, 0.29) is 32.9 Å². The van der Waals surface area contributed by atoms with Crippen LogP contribution in [0.15, 0.2) is 53.6 Å². The van der Waals surface area contributed by atoms with Crippen molar-refractivity contribution >= 4 is 45.7 Å². The highest BCUT2D eigenvalue weighted by atomic mass is 35.5. The molecule has 0 atom stereocenters. The molecular formula is C22H12Cl2F4N4O4. The average Bonchev–Trinajstić information content (AvgIpc) is 2.80. The van der Waals surface area contributed by atoms with E-state index >= 15 is 0 Å². The minimum Gasteiger partial charge on any atom is -0.504 e. The molecule has 8 nitrogen and oxygen atoms in total. The second kappa shape index (κ2) is 9.63. The SMILES string of the molecule is O=C(Nc1ccc(F)c2ncn(Cc3ccccc3OC(F)(F)F)c(=O)c12)c1cc(Cl)c(O)c(Cl)n1. The van der Waals surface area contributed by atoms with Gasteiger partial charge in [0.1, 0.15) is 22.8 Å². The Labute approximate surface area is 208 Å². The summed E-state index contributed by atoms with van der Waals surface area (Å²) >= 11 is 11.5. The van der Waals surface area contributed by atoms with Gasteiger partial charge in [0.05, 0.1) is 29.0 Å². The molecule has 0 unspecified atom stereocenters. The molecule has 2 N–H and O–H groups in total. The van der Waals surface area contributed by atoms with Crippen LogP contribution in [0.3, 0.4) is 0 Å². The summed E-state index contributed by atoms with van der Waals surface area (Å²) in [6.45, 7) is -0.400. The quantitative estimate of drug-likeness (QED) is 0.267. The number of rotatable bonds is 5. The first kappa shape index (κ1) is 25.2. The van der Waals surface area contributed by atoms with Crippen molar-refractivity contribution in [2.45, 2.75) is 12.9 Å². The summed E-state index contributed by atoms with van der Waals surface area (Å²) in [7, 11) is 0. The van der Waals surface area contributed by atoms with E-state index in [1.807, 2.05) is 0 Å². The number of fused-ring (bicyclic) bond motifs is 1. The molecule has 2 aromatic carbocycles. The summed E-state index contributed by atoms with van der Waals surface area (Å²) in [5.74, 6) is -2.84. The standard InChI is InChI=1S/C22H12Cl2F4N4O4/c23-11-7-14(30-19(24)18(11)33)20(34)31-13-6-5-12(25)17-16(13)21(35)32(9-29-17)8-10-3-1-2-4-15(10)36-22(26,27)28/h1-7,9,33H,8H2,(H,31,34). The number of pyridine rings is 1. The molecule has 0 aliphatic carbocycles. The Morgan fingerprint density at radius 3 is 2.58 bits per heavy atom. The first-order valence-electron chi connectivity index (χ1n) is 9.82. The fourth-order valence-electron chi connectivity index (χ4n) is 3.27. The van der Waals surface area contributed by atoms with E-state index in [1.54, 1.807) is 0 Å². The van der Waals surface area contributed by atoms with Crippen LogP contribution in [-0.2, 0) is 6.54 Å². The van der Waals surface area contributed by atoms with Crippen LogP contribution in [0.4, 0.5) is 23.2 Å². The third-order valence-corrected chi connectivity index (χ3v) is 5.40. The Morgan fingerprint density at radius 2 is 1.89 bits per heavy atom. The van der Waals surface area contributed by atoms with Crippen LogP contribution in [0.1, 0.15) is 16.1 Å². The number of aromatic nitrogens is 3. The number of anilines is 1. The fraction of sp³-hybridized carbons (Fsp3) is 0.0909. The van der Waals surface area contributed by atoms with Crippen molar-refractivity contribution < 1.29 is 32.2 Å². The number of amides is 1. The predicted molar refractivity (Wildman–Crippen MR) is 122 cm³/mol. The molecular weight excluding hydrogens is 531 g/mol. The summed E-state index contributed by atoms with van der Waals surface area (Å²) < 4.78 is 57.6. The molecule has 1 amide bonds. The monoisotopic (exact) mass is 542 g/mol. The molecule has 0 radical (unpaired) electrons. The zero-order valence-electron chi connectivity index (χ0n) is 17.6. The van der Waals surface area contributed by atoms with Crippen LogP contribution in [0, 0.1) is 5.82 Å². The lowest BCUT2D eigenvalue weighted by atomic mass is 10.1. The van der Waals surface area contributed by atoms with E-state index in [4.69, 9.17) is 23.2 Å². The molecule has 4 rings (SSSR count). The zero-order chi connectivity index (χ0) is 26.2. The van der Waals surface area contributed by atoms with Crippen LogP contribution in [0.2, 0.25) is 10.2 Å². The number of carbonyl (C=O) groups is 1. The maximum absolute atomic E-state index is 14.4. The molecule has 4 aromatic rings. The normalized spacial score (nSPS) is 11.5. The highest BCUT2D eigenvalue weighted by molar-refractivity contribution is 6.36. The van der Waals surface area contributed by atoms with Gasteiger partial charge in [-0.15, -0.1) is 13.2 Å². The largest absolute Gasteiger partial charge is 0.573 e. The number of aromatic hydroxyl groups is 1. The molecule has 186 valence electrons. The van der Waals surface area contributed by atoms with Gasteiger partial charge in [-0.2, -0.15) is 0 Å². The van der Waals surface area contributed by atoms with Crippen LogP contribution in [0.25, 0.3) is 10.9 Å². The Kier molecular flexibility index (Phi) is 6.74. The Morgan fingerprint density at radius 1 is 1.17 bits per heavy atom. The minimum atomic E-state index is -4.96. The average molecular weight is 543 g/mol. The van der Waals surface area contributed by atoms with Crippen molar-refractivity contribution in [1.29, 1.82) is 0 Å². The number of nitrogens with one attached hydrogen (secondary N) is 1. The van der Waals surface area contributed by atoms with Gasteiger partial charge in [-0.3, -0.25) is 14.2 Å². The smallest absolute Gasteiger partial charge is 0.504 e. The highest BCUT2D eigenvalue weighted by Crippen LogP contribution is 2.31. The predicted octanol–water partition coefficient (Wildman–Crippen LogP) is 5.14. The maximum Gasteiger partial charge on any atom is 0.573 e. The number of ether oxygens (including phenoxy) is 1.